The number of fused-ring (bicyclic) bond motifs is 1. The Balaban J connectivity index is 0.00000156. The van der Waals surface area contributed by atoms with Crippen LogP contribution in [0.3, 0.4) is 0 Å². The fourth-order valence-corrected chi connectivity index (χ4v) is 5.21. The van der Waals surface area contributed by atoms with Crippen LogP contribution in [-0.4, -0.2) is 47.3 Å². The Bertz CT molecular complexity index is 1250. The maximum absolute atomic E-state index is 9.55. The number of hydrogen-bond donors (Lipinski definition) is 1. The lowest BCUT2D eigenvalue weighted by molar-refractivity contribution is 0.226. The standard InChI is InChI=1S/C28H33N5O2.CHN/c1-19(2)34-26-12-9-20(17-21(26)18-29)28-31-27(32-35-28)24-8-6-7-23-22(24)10-11-25(23)30-13-16-33-14-4-3-5-15-33;1-2/h6-9,12,17,19,25,30H,3-5,10-11,13-16H2,1-2H3;1H. The SMILES string of the molecule is C#N.CC(C)Oc1ccc(-c2nc(-c3cccc4c3CCC4NCCN3CCCCC3)no2)cc1C#N. The molecule has 2 aliphatic rings. The Morgan fingerprint density at radius 2 is 2.00 bits per heavy atom. The van der Waals surface area contributed by atoms with Crippen molar-refractivity contribution in [2.45, 2.75) is 58.1 Å². The van der Waals surface area contributed by atoms with Gasteiger partial charge in [-0.15, -0.1) is 0 Å². The molecule has 1 N–H and O–H groups in total. The van der Waals surface area contributed by atoms with Gasteiger partial charge in [0.25, 0.3) is 5.89 Å². The molecule has 8 heteroatoms. The van der Waals surface area contributed by atoms with Crippen LogP contribution in [0.2, 0.25) is 0 Å². The molecule has 0 spiro atoms. The zero-order valence-corrected chi connectivity index (χ0v) is 21.6. The molecule has 0 amide bonds. The number of benzene rings is 2. The first-order valence-corrected chi connectivity index (χ1v) is 13.0. The molecule has 1 aromatic heterocycles. The van der Waals surface area contributed by atoms with Crippen LogP contribution in [0.5, 0.6) is 5.75 Å². The van der Waals surface area contributed by atoms with Gasteiger partial charge in [0, 0.05) is 36.8 Å². The second-order valence-corrected chi connectivity index (χ2v) is 9.73. The van der Waals surface area contributed by atoms with E-state index in [9.17, 15) is 5.26 Å². The summed E-state index contributed by atoms with van der Waals surface area (Å²) in [6, 6.07) is 14.3. The predicted molar refractivity (Wildman–Crippen MR) is 142 cm³/mol. The number of nitrogens with one attached hydrogen (secondary N) is 1. The quantitative estimate of drug-likeness (QED) is 0.447. The Hall–Kier alpha value is -3.72. The van der Waals surface area contributed by atoms with Gasteiger partial charge in [0.2, 0.25) is 5.82 Å². The number of nitrogens with zero attached hydrogens (tertiary/aromatic N) is 5. The first kappa shape index (κ1) is 26.3. The van der Waals surface area contributed by atoms with Gasteiger partial charge >= 0.3 is 0 Å². The van der Waals surface area contributed by atoms with Crippen LogP contribution in [-0.2, 0) is 6.42 Å². The van der Waals surface area contributed by atoms with Crippen molar-refractivity contribution in [2.75, 3.05) is 26.2 Å². The van der Waals surface area contributed by atoms with Gasteiger partial charge in [0.05, 0.1) is 11.7 Å². The molecule has 5 rings (SSSR count). The molecule has 3 aromatic rings. The van der Waals surface area contributed by atoms with Gasteiger partial charge in [0.15, 0.2) is 0 Å². The Morgan fingerprint density at radius 3 is 2.76 bits per heavy atom. The van der Waals surface area contributed by atoms with E-state index in [1.165, 1.54) is 43.5 Å². The molecule has 1 aliphatic carbocycles. The first-order chi connectivity index (χ1) is 18.1. The van der Waals surface area contributed by atoms with Crippen LogP contribution in [0, 0.1) is 23.2 Å². The summed E-state index contributed by atoms with van der Waals surface area (Å²) in [5.41, 5.74) is 4.83. The minimum atomic E-state index is -0.00813. The maximum Gasteiger partial charge on any atom is 0.258 e. The summed E-state index contributed by atoms with van der Waals surface area (Å²) in [6.07, 6.45) is 6.10. The number of piperidine rings is 1. The highest BCUT2D eigenvalue weighted by Crippen LogP contribution is 2.37. The van der Waals surface area contributed by atoms with E-state index in [0.717, 1.165) is 31.5 Å². The summed E-state index contributed by atoms with van der Waals surface area (Å²) in [4.78, 5) is 7.26. The summed E-state index contributed by atoms with van der Waals surface area (Å²) in [5.74, 6) is 1.55. The molecule has 1 unspecified atom stereocenters. The molecule has 37 heavy (non-hydrogen) atoms. The number of nitriles is 2. The van der Waals surface area contributed by atoms with Crippen LogP contribution in [0.4, 0.5) is 0 Å². The van der Waals surface area contributed by atoms with Crippen molar-refractivity contribution < 1.29 is 9.26 Å². The molecular weight excluding hydrogens is 464 g/mol. The van der Waals surface area contributed by atoms with Crippen molar-refractivity contribution in [3.63, 3.8) is 0 Å². The van der Waals surface area contributed by atoms with E-state index in [4.69, 9.17) is 14.5 Å². The first-order valence-electron chi connectivity index (χ1n) is 13.0. The third-order valence-electron chi connectivity index (χ3n) is 6.91. The van der Waals surface area contributed by atoms with E-state index in [0.29, 0.717) is 34.6 Å². The zero-order chi connectivity index (χ0) is 26.2. The largest absolute Gasteiger partial charge is 0.490 e. The number of hydrogen-bond acceptors (Lipinski definition) is 8. The number of aromatic nitrogens is 2. The van der Waals surface area contributed by atoms with Gasteiger partial charge in [-0.1, -0.05) is 29.8 Å². The number of likely N-dealkylation sites (tertiary alicyclic amines) is 1. The van der Waals surface area contributed by atoms with E-state index in [2.05, 4.69) is 51.2 Å². The summed E-state index contributed by atoms with van der Waals surface area (Å²) < 4.78 is 11.3. The van der Waals surface area contributed by atoms with E-state index in [1.54, 1.807) is 12.1 Å². The van der Waals surface area contributed by atoms with Crippen molar-refractivity contribution in [3.05, 3.63) is 53.1 Å². The lowest BCUT2D eigenvalue weighted by Crippen LogP contribution is -2.36. The topological polar surface area (TPSA) is 111 Å². The van der Waals surface area contributed by atoms with Gasteiger partial charge in [-0.05, 0) is 81.9 Å². The third-order valence-corrected chi connectivity index (χ3v) is 6.91. The van der Waals surface area contributed by atoms with Gasteiger partial charge in [-0.25, -0.2) is 5.26 Å². The molecule has 0 bridgehead atoms. The Morgan fingerprint density at radius 1 is 1.19 bits per heavy atom. The van der Waals surface area contributed by atoms with Crippen LogP contribution < -0.4 is 10.1 Å². The van der Waals surface area contributed by atoms with Gasteiger partial charge in [-0.3, -0.25) is 0 Å². The Labute approximate surface area is 218 Å². The van der Waals surface area contributed by atoms with Crippen molar-refractivity contribution in [3.8, 4) is 41.2 Å². The zero-order valence-electron chi connectivity index (χ0n) is 21.6. The molecule has 0 radical (unpaired) electrons. The van der Waals surface area contributed by atoms with Gasteiger partial charge in [0.1, 0.15) is 11.8 Å². The molecule has 1 aliphatic heterocycles. The van der Waals surface area contributed by atoms with Crippen LogP contribution in [0.15, 0.2) is 40.9 Å². The highest BCUT2D eigenvalue weighted by molar-refractivity contribution is 5.67. The Kier molecular flexibility index (Phi) is 8.90. The van der Waals surface area contributed by atoms with Crippen molar-refractivity contribution in [2.24, 2.45) is 0 Å². The molecule has 8 nitrogen and oxygen atoms in total. The fraction of sp³-hybridized carbons (Fsp3) is 0.448. The molecule has 0 saturated carbocycles. The highest BCUT2D eigenvalue weighted by atomic mass is 16.5. The lowest BCUT2D eigenvalue weighted by Gasteiger charge is -2.27. The van der Waals surface area contributed by atoms with Crippen LogP contribution >= 0.6 is 0 Å². The van der Waals surface area contributed by atoms with Gasteiger partial charge < -0.3 is 19.5 Å². The third kappa shape index (κ3) is 6.17. The minimum Gasteiger partial charge on any atom is -0.490 e. The van der Waals surface area contributed by atoms with E-state index >= 15 is 0 Å². The average Bonchev–Trinajstić information content (AvgIpc) is 3.58. The summed E-state index contributed by atoms with van der Waals surface area (Å²) in [5, 5.41) is 24.1. The van der Waals surface area contributed by atoms with Crippen LogP contribution in [0.1, 0.15) is 62.3 Å². The van der Waals surface area contributed by atoms with Crippen molar-refractivity contribution >= 4 is 0 Å². The molecule has 192 valence electrons. The lowest BCUT2D eigenvalue weighted by atomic mass is 10.0. The highest BCUT2D eigenvalue weighted by Gasteiger charge is 2.26. The summed E-state index contributed by atoms with van der Waals surface area (Å²) in [7, 11) is 0. The van der Waals surface area contributed by atoms with E-state index < -0.39 is 0 Å². The molecule has 1 atom stereocenters. The molecule has 1 fully saturated rings. The summed E-state index contributed by atoms with van der Waals surface area (Å²) >= 11 is 0. The smallest absolute Gasteiger partial charge is 0.258 e. The summed E-state index contributed by atoms with van der Waals surface area (Å²) in [6.45, 7) is 12.0. The normalized spacial score (nSPS) is 17.0. The molecular formula is C29H34N6O2. The monoisotopic (exact) mass is 498 g/mol. The maximum atomic E-state index is 9.55. The van der Waals surface area contributed by atoms with Gasteiger partial charge in [-0.2, -0.15) is 10.2 Å². The molecule has 2 aromatic carbocycles. The minimum absolute atomic E-state index is 0.00813. The molecule has 1 saturated heterocycles. The predicted octanol–water partition coefficient (Wildman–Crippen LogP) is 5.27. The van der Waals surface area contributed by atoms with E-state index in [-0.39, 0.29) is 6.10 Å². The van der Waals surface area contributed by atoms with E-state index in [1.807, 2.05) is 19.9 Å². The van der Waals surface area contributed by atoms with Crippen molar-refractivity contribution in [1.29, 1.82) is 10.5 Å². The van der Waals surface area contributed by atoms with Crippen LogP contribution in [0.25, 0.3) is 22.8 Å². The fourth-order valence-electron chi connectivity index (χ4n) is 5.21. The molecule has 2 heterocycles. The number of rotatable bonds is 8. The number of ether oxygens (including phenoxy) is 1. The average molecular weight is 499 g/mol. The second-order valence-electron chi connectivity index (χ2n) is 9.73. The van der Waals surface area contributed by atoms with Crippen molar-refractivity contribution in [1.82, 2.24) is 20.4 Å². The second kappa shape index (κ2) is 12.5.